The second-order valence-corrected chi connectivity index (χ2v) is 11.8. The second-order valence-electron chi connectivity index (χ2n) is 11.8. The van der Waals surface area contributed by atoms with Crippen LogP contribution in [-0.4, -0.2) is 0 Å². The monoisotopic (exact) mass is 450 g/mol. The minimum Gasteiger partial charge on any atom is -0.0992 e. The van der Waals surface area contributed by atoms with E-state index in [-0.39, 0.29) is 0 Å². The summed E-state index contributed by atoms with van der Waals surface area (Å²) in [4.78, 5) is 0. The van der Waals surface area contributed by atoms with Gasteiger partial charge in [-0.2, -0.15) is 0 Å². The molecule has 0 saturated heterocycles. The first-order chi connectivity index (χ1) is 16.3. The molecule has 2 aromatic rings. The molecule has 0 spiro atoms. The number of fused-ring (bicyclic) bond motifs is 1. The summed E-state index contributed by atoms with van der Waals surface area (Å²) >= 11 is 0. The van der Waals surface area contributed by atoms with Crippen LogP contribution in [0.5, 0.6) is 0 Å². The molecule has 2 saturated carbocycles. The minimum atomic E-state index is 0.481. The van der Waals surface area contributed by atoms with E-state index in [4.69, 9.17) is 0 Å². The summed E-state index contributed by atoms with van der Waals surface area (Å²) in [5.41, 5.74) is 14.8. The van der Waals surface area contributed by atoms with Crippen LogP contribution in [0.2, 0.25) is 0 Å². The lowest BCUT2D eigenvalue weighted by atomic mass is 9.80. The lowest BCUT2D eigenvalue weighted by molar-refractivity contribution is 0.416. The van der Waals surface area contributed by atoms with Gasteiger partial charge >= 0.3 is 0 Å². The number of benzene rings is 2. The Kier molecular flexibility index (Phi) is 6.45. The number of rotatable bonds is 6. The maximum Gasteiger partial charge on any atom is 0.00392 e. The van der Waals surface area contributed by atoms with Gasteiger partial charge in [-0.15, -0.1) is 0 Å². The SMILES string of the molecule is C=C1CCC(=C)C1CC1=Cc2cccc(-c3cc(C)cc(C(C)C)c3C[C@@H]3CCC[C@@H]3C)c2C1. The molecule has 2 fully saturated rings. The molecule has 0 N–H and O–H groups in total. The zero-order valence-corrected chi connectivity index (χ0v) is 21.8. The molecule has 0 nitrogen and oxygen atoms in total. The minimum absolute atomic E-state index is 0.481. The molecular formula is C34H42. The molecule has 0 aromatic heterocycles. The van der Waals surface area contributed by atoms with Gasteiger partial charge in [0.05, 0.1) is 0 Å². The van der Waals surface area contributed by atoms with Gasteiger partial charge in [-0.3, -0.25) is 0 Å². The molecule has 34 heavy (non-hydrogen) atoms. The maximum atomic E-state index is 4.36. The Bertz CT molecular complexity index is 1140. The smallest absolute Gasteiger partial charge is 0.00392 e. The maximum absolute atomic E-state index is 4.36. The number of hydrogen-bond donors (Lipinski definition) is 0. The van der Waals surface area contributed by atoms with Crippen molar-refractivity contribution in [3.63, 3.8) is 0 Å². The molecule has 5 rings (SSSR count). The summed E-state index contributed by atoms with van der Waals surface area (Å²) in [6.07, 6.45) is 12.3. The Morgan fingerprint density at radius 3 is 2.41 bits per heavy atom. The summed E-state index contributed by atoms with van der Waals surface area (Å²) < 4.78 is 0. The van der Waals surface area contributed by atoms with Crippen molar-refractivity contribution in [3.8, 4) is 11.1 Å². The molecule has 2 aromatic carbocycles. The molecule has 0 unspecified atom stereocenters. The largest absolute Gasteiger partial charge is 0.0992 e. The van der Waals surface area contributed by atoms with E-state index in [1.165, 1.54) is 64.6 Å². The van der Waals surface area contributed by atoms with E-state index in [9.17, 15) is 0 Å². The fraction of sp³-hybridized carbons (Fsp3) is 0.471. The van der Waals surface area contributed by atoms with Crippen LogP contribution in [0, 0.1) is 24.7 Å². The van der Waals surface area contributed by atoms with Crippen LogP contribution in [-0.2, 0) is 12.8 Å². The molecule has 0 radical (unpaired) electrons. The summed E-state index contributed by atoms with van der Waals surface area (Å²) in [6, 6.07) is 11.9. The van der Waals surface area contributed by atoms with Gasteiger partial charge in [-0.1, -0.05) is 105 Å². The van der Waals surface area contributed by atoms with Crippen LogP contribution in [0.1, 0.15) is 93.0 Å². The van der Waals surface area contributed by atoms with Gasteiger partial charge in [-0.05, 0) is 96.6 Å². The quantitative estimate of drug-likeness (QED) is 0.384. The van der Waals surface area contributed by atoms with Crippen LogP contribution in [0.25, 0.3) is 17.2 Å². The number of aryl methyl sites for hydroxylation is 1. The number of allylic oxidation sites excluding steroid dienone is 3. The first-order valence-electron chi connectivity index (χ1n) is 13.6. The molecule has 3 aliphatic carbocycles. The standard InChI is InChI=1S/C34H42/c1-21(2)30-15-22(3)16-33(34(30)20-27-10-7-9-23(27)4)29-12-8-11-28-17-26(19-32(28)29)18-31-24(5)13-14-25(31)6/h8,11-12,15-17,21,23,27,31H,5-7,9-10,13-14,18-20H2,1-4H3/t23-,27-/m0/s1. The van der Waals surface area contributed by atoms with Gasteiger partial charge in [-0.25, -0.2) is 0 Å². The lowest BCUT2D eigenvalue weighted by Gasteiger charge is -2.24. The number of hydrogen-bond acceptors (Lipinski definition) is 0. The van der Waals surface area contributed by atoms with Crippen molar-refractivity contribution in [2.24, 2.45) is 17.8 Å². The molecule has 0 heteroatoms. The van der Waals surface area contributed by atoms with Crippen molar-refractivity contribution in [2.45, 2.75) is 85.0 Å². The van der Waals surface area contributed by atoms with Crippen LogP contribution < -0.4 is 0 Å². The molecule has 0 aliphatic heterocycles. The average Bonchev–Trinajstić information content (AvgIpc) is 3.49. The van der Waals surface area contributed by atoms with E-state index < -0.39 is 0 Å². The molecule has 178 valence electrons. The highest BCUT2D eigenvalue weighted by Gasteiger charge is 2.29. The molecule has 0 amide bonds. The highest BCUT2D eigenvalue weighted by atomic mass is 14.3. The molecule has 2 atom stereocenters. The lowest BCUT2D eigenvalue weighted by Crippen LogP contribution is -2.12. The Hall–Kier alpha value is -2.34. The first kappa shape index (κ1) is 23.4. The van der Waals surface area contributed by atoms with Gasteiger partial charge in [0.1, 0.15) is 0 Å². The van der Waals surface area contributed by atoms with E-state index in [1.807, 2.05) is 0 Å². The fourth-order valence-corrected chi connectivity index (χ4v) is 6.94. The van der Waals surface area contributed by atoms with Crippen molar-refractivity contribution in [1.82, 2.24) is 0 Å². The van der Waals surface area contributed by atoms with Crippen molar-refractivity contribution >= 4 is 6.08 Å². The zero-order valence-electron chi connectivity index (χ0n) is 21.8. The van der Waals surface area contributed by atoms with Gasteiger partial charge < -0.3 is 0 Å². The van der Waals surface area contributed by atoms with Crippen molar-refractivity contribution in [1.29, 1.82) is 0 Å². The fourth-order valence-electron chi connectivity index (χ4n) is 6.94. The normalized spacial score (nSPS) is 22.7. The van der Waals surface area contributed by atoms with Gasteiger partial charge in [0.25, 0.3) is 0 Å². The van der Waals surface area contributed by atoms with E-state index >= 15 is 0 Å². The Morgan fingerprint density at radius 1 is 0.971 bits per heavy atom. The van der Waals surface area contributed by atoms with Gasteiger partial charge in [0.15, 0.2) is 0 Å². The van der Waals surface area contributed by atoms with Crippen molar-refractivity contribution in [2.75, 3.05) is 0 Å². The van der Waals surface area contributed by atoms with E-state index in [0.717, 1.165) is 37.5 Å². The summed E-state index contributed by atoms with van der Waals surface area (Å²) in [7, 11) is 0. The highest BCUT2D eigenvalue weighted by Crippen LogP contribution is 2.44. The predicted octanol–water partition coefficient (Wildman–Crippen LogP) is 9.62. The third kappa shape index (κ3) is 4.37. The predicted molar refractivity (Wildman–Crippen MR) is 148 cm³/mol. The molecule has 3 aliphatic rings. The van der Waals surface area contributed by atoms with Crippen LogP contribution >= 0.6 is 0 Å². The van der Waals surface area contributed by atoms with E-state index in [2.05, 4.69) is 77.3 Å². The van der Waals surface area contributed by atoms with Crippen LogP contribution in [0.15, 0.2) is 60.2 Å². The van der Waals surface area contributed by atoms with E-state index in [0.29, 0.717) is 11.8 Å². The second kappa shape index (κ2) is 9.37. The zero-order chi connectivity index (χ0) is 24.0. The summed E-state index contributed by atoms with van der Waals surface area (Å²) in [5.74, 6) is 2.70. The Morgan fingerprint density at radius 2 is 1.74 bits per heavy atom. The summed E-state index contributed by atoms with van der Waals surface area (Å²) in [6.45, 7) is 18.2. The molecular weight excluding hydrogens is 408 g/mol. The first-order valence-corrected chi connectivity index (χ1v) is 13.6. The molecule has 0 heterocycles. The highest BCUT2D eigenvalue weighted by molar-refractivity contribution is 5.80. The molecule has 0 bridgehead atoms. The van der Waals surface area contributed by atoms with Crippen LogP contribution in [0.4, 0.5) is 0 Å². The van der Waals surface area contributed by atoms with Crippen molar-refractivity contribution < 1.29 is 0 Å². The van der Waals surface area contributed by atoms with E-state index in [1.54, 1.807) is 16.7 Å². The Labute approximate surface area is 207 Å². The van der Waals surface area contributed by atoms with Gasteiger partial charge in [0.2, 0.25) is 0 Å². The third-order valence-corrected chi connectivity index (χ3v) is 9.04. The van der Waals surface area contributed by atoms with Gasteiger partial charge in [0, 0.05) is 5.92 Å². The topological polar surface area (TPSA) is 0 Å². The average molecular weight is 451 g/mol. The Balaban J connectivity index is 1.52. The third-order valence-electron chi connectivity index (χ3n) is 9.04. The summed E-state index contributed by atoms with van der Waals surface area (Å²) in [5, 5.41) is 0. The van der Waals surface area contributed by atoms with Crippen LogP contribution in [0.3, 0.4) is 0 Å². The van der Waals surface area contributed by atoms with Crippen molar-refractivity contribution in [3.05, 3.63) is 88.0 Å².